The number of piperazine rings is 1. The van der Waals surface area contributed by atoms with Gasteiger partial charge in [-0.05, 0) is 52.5 Å². The van der Waals surface area contributed by atoms with E-state index in [0.29, 0.717) is 5.92 Å². The van der Waals surface area contributed by atoms with Gasteiger partial charge in [-0.25, -0.2) is 0 Å². The van der Waals surface area contributed by atoms with E-state index in [1.54, 1.807) is 0 Å². The Balaban J connectivity index is 1.43. The van der Waals surface area contributed by atoms with Crippen molar-refractivity contribution in [2.75, 3.05) is 45.5 Å². The second-order valence-corrected chi connectivity index (χ2v) is 11.9. The van der Waals surface area contributed by atoms with E-state index >= 15 is 0 Å². The van der Waals surface area contributed by atoms with Crippen LogP contribution in [0.1, 0.15) is 45.1 Å². The molecule has 2 heterocycles. The van der Waals surface area contributed by atoms with Gasteiger partial charge in [-0.15, -0.1) is 0 Å². The second kappa shape index (κ2) is 7.79. The maximum atomic E-state index is 13.8. The zero-order valence-corrected chi connectivity index (χ0v) is 18.7. The van der Waals surface area contributed by atoms with Gasteiger partial charge in [0, 0.05) is 43.4 Å². The molecule has 5 nitrogen and oxygen atoms in total. The van der Waals surface area contributed by atoms with Gasteiger partial charge in [0.25, 0.3) is 0 Å². The topological polar surface area (TPSA) is 39.1 Å². The van der Waals surface area contributed by atoms with Crippen molar-refractivity contribution >= 4 is 16.1 Å². The summed E-state index contributed by atoms with van der Waals surface area (Å²) in [6.07, 6.45) is 4.61. The summed E-state index contributed by atoms with van der Waals surface area (Å²) in [5.74, 6) is 2.34. The second-order valence-electron chi connectivity index (χ2n) is 9.18. The third-order valence-corrected chi connectivity index (χ3v) is 9.31. The Hall–Kier alpha value is -1.40. The minimum Gasteiger partial charge on any atom is -0.340 e. The highest BCUT2D eigenvalue weighted by molar-refractivity contribution is 8.00. The lowest BCUT2D eigenvalue weighted by molar-refractivity contribution is 0.0541. The summed E-state index contributed by atoms with van der Waals surface area (Å²) in [6, 6.07) is 9.15. The maximum absolute atomic E-state index is 13.8. The highest BCUT2D eigenvalue weighted by atomic mass is 32.3. The summed E-state index contributed by atoms with van der Waals surface area (Å²) in [7, 11) is -2.66. The van der Waals surface area contributed by atoms with Gasteiger partial charge in [0.15, 0.2) is 0 Å². The number of benzene rings is 1. The standard InChI is InChI=1S/C22H36N4OS/c1-17(2)19-5-7-21(8-6-19)28(4,27)26-10-9-23-22(26)25-13-11-24(12-14-25)20-15-18(3)16-20/h5-8,17-18,20,28H,9-16H2,1-4H3. The summed E-state index contributed by atoms with van der Waals surface area (Å²) in [5, 5.41) is 0. The molecule has 2 aliphatic heterocycles. The van der Waals surface area contributed by atoms with E-state index in [2.05, 4.69) is 59.1 Å². The van der Waals surface area contributed by atoms with Crippen LogP contribution in [0.5, 0.6) is 0 Å². The van der Waals surface area contributed by atoms with Crippen LogP contribution in [0.3, 0.4) is 0 Å². The van der Waals surface area contributed by atoms with Gasteiger partial charge in [-0.2, -0.15) is 0 Å². The molecule has 3 aliphatic rings. The van der Waals surface area contributed by atoms with Crippen molar-refractivity contribution in [2.45, 2.75) is 50.5 Å². The molecule has 28 heavy (non-hydrogen) atoms. The highest BCUT2D eigenvalue weighted by Crippen LogP contribution is 2.32. The lowest BCUT2D eigenvalue weighted by Gasteiger charge is -2.47. The van der Waals surface area contributed by atoms with E-state index in [4.69, 9.17) is 4.99 Å². The van der Waals surface area contributed by atoms with Crippen molar-refractivity contribution in [1.82, 2.24) is 14.1 Å². The first-order valence-electron chi connectivity index (χ1n) is 10.9. The van der Waals surface area contributed by atoms with Crippen LogP contribution < -0.4 is 0 Å². The van der Waals surface area contributed by atoms with Gasteiger partial charge in [0.05, 0.1) is 13.1 Å². The fourth-order valence-electron chi connectivity index (χ4n) is 4.77. The molecule has 0 amide bonds. The maximum Gasteiger partial charge on any atom is 0.207 e. The molecular weight excluding hydrogens is 368 g/mol. The molecule has 0 radical (unpaired) electrons. The van der Waals surface area contributed by atoms with Crippen LogP contribution >= 0.6 is 0 Å². The predicted molar refractivity (Wildman–Crippen MR) is 119 cm³/mol. The number of guanidine groups is 1. The van der Waals surface area contributed by atoms with E-state index in [0.717, 1.165) is 62.1 Å². The summed E-state index contributed by atoms with van der Waals surface area (Å²) < 4.78 is 15.9. The smallest absolute Gasteiger partial charge is 0.207 e. The minimum absolute atomic E-state index is 0.490. The van der Waals surface area contributed by atoms with Gasteiger partial charge in [-0.3, -0.25) is 18.4 Å². The molecule has 1 saturated carbocycles. The first-order valence-corrected chi connectivity index (χ1v) is 13.0. The highest BCUT2D eigenvalue weighted by Gasteiger charge is 2.36. The van der Waals surface area contributed by atoms with E-state index in [9.17, 15) is 4.21 Å². The molecule has 6 heteroatoms. The summed E-state index contributed by atoms with van der Waals surface area (Å²) in [5.41, 5.74) is 1.29. The molecule has 2 fully saturated rings. The molecule has 0 bridgehead atoms. The van der Waals surface area contributed by atoms with Crippen LogP contribution in [0.4, 0.5) is 0 Å². The molecule has 156 valence electrons. The summed E-state index contributed by atoms with van der Waals surface area (Å²) in [4.78, 5) is 10.7. The van der Waals surface area contributed by atoms with Crippen molar-refractivity contribution in [2.24, 2.45) is 10.9 Å². The third-order valence-electron chi connectivity index (χ3n) is 6.76. The van der Waals surface area contributed by atoms with Crippen LogP contribution in [0, 0.1) is 5.92 Å². The van der Waals surface area contributed by atoms with Gasteiger partial charge in [0.2, 0.25) is 5.96 Å². The first-order chi connectivity index (χ1) is 13.4. The van der Waals surface area contributed by atoms with E-state index in [-0.39, 0.29) is 0 Å². The molecule has 1 aromatic carbocycles. The van der Waals surface area contributed by atoms with Gasteiger partial charge >= 0.3 is 0 Å². The molecule has 0 spiro atoms. The van der Waals surface area contributed by atoms with E-state index in [1.807, 2.05) is 6.26 Å². The quantitative estimate of drug-likeness (QED) is 0.785. The summed E-state index contributed by atoms with van der Waals surface area (Å²) >= 11 is 0. The van der Waals surface area contributed by atoms with Crippen LogP contribution in [0.15, 0.2) is 34.2 Å². The molecular formula is C22H36N4OS. The molecule has 0 aromatic heterocycles. The zero-order valence-electron chi connectivity index (χ0n) is 17.8. The van der Waals surface area contributed by atoms with Crippen LogP contribution in [0.2, 0.25) is 0 Å². The third kappa shape index (κ3) is 3.73. The van der Waals surface area contributed by atoms with Crippen LogP contribution in [-0.4, -0.2) is 75.8 Å². The molecule has 0 unspecified atom stereocenters. The van der Waals surface area contributed by atoms with Crippen molar-refractivity contribution < 1.29 is 4.21 Å². The monoisotopic (exact) mass is 404 g/mol. The fraction of sp³-hybridized carbons (Fsp3) is 0.682. The number of aliphatic imine (C=N–C) groups is 1. The lowest BCUT2D eigenvalue weighted by atomic mass is 9.80. The van der Waals surface area contributed by atoms with Crippen molar-refractivity contribution in [3.8, 4) is 0 Å². The predicted octanol–water partition coefficient (Wildman–Crippen LogP) is 2.82. The van der Waals surface area contributed by atoms with E-state index < -0.39 is 10.1 Å². The van der Waals surface area contributed by atoms with Crippen molar-refractivity contribution in [1.29, 1.82) is 0 Å². The minimum atomic E-state index is -2.66. The number of thiol groups is 1. The zero-order chi connectivity index (χ0) is 19.9. The average Bonchev–Trinajstić information content (AvgIpc) is 3.16. The Labute approximate surface area is 171 Å². The molecule has 1 aliphatic carbocycles. The fourth-order valence-corrected chi connectivity index (χ4v) is 6.75. The number of nitrogens with zero attached hydrogens (tertiary/aromatic N) is 4. The van der Waals surface area contributed by atoms with Crippen molar-refractivity contribution in [3.63, 3.8) is 0 Å². The Morgan fingerprint density at radius 2 is 1.68 bits per heavy atom. The molecule has 1 saturated heterocycles. The summed E-state index contributed by atoms with van der Waals surface area (Å²) in [6.45, 7) is 12.4. The number of rotatable bonds is 4. The Morgan fingerprint density at radius 1 is 1.04 bits per heavy atom. The van der Waals surface area contributed by atoms with Gasteiger partial charge in [-0.1, -0.05) is 32.9 Å². The van der Waals surface area contributed by atoms with Gasteiger partial charge in [0.1, 0.15) is 0 Å². The van der Waals surface area contributed by atoms with E-state index in [1.165, 1.54) is 18.4 Å². The number of hydrogen-bond donors (Lipinski definition) is 1. The normalized spacial score (nSPS) is 27.1. The molecule has 0 atom stereocenters. The largest absolute Gasteiger partial charge is 0.340 e. The van der Waals surface area contributed by atoms with Crippen molar-refractivity contribution in [3.05, 3.63) is 29.8 Å². The molecule has 4 rings (SSSR count). The first kappa shape index (κ1) is 19.9. The SMILES string of the molecule is CC1CC(N2CCN(C3=NCCN3[SH](C)(=O)c3ccc(C(C)C)cc3)CC2)C1. The Morgan fingerprint density at radius 3 is 2.25 bits per heavy atom. The Kier molecular flexibility index (Phi) is 5.53. The lowest BCUT2D eigenvalue weighted by Crippen LogP contribution is -2.57. The van der Waals surface area contributed by atoms with Crippen LogP contribution in [0.25, 0.3) is 0 Å². The molecule has 1 aromatic rings. The number of hydrogen-bond acceptors (Lipinski definition) is 4. The molecule has 0 N–H and O–H groups in total. The average molecular weight is 405 g/mol. The Bertz CT molecular complexity index is 761. The van der Waals surface area contributed by atoms with Gasteiger partial charge < -0.3 is 4.90 Å². The van der Waals surface area contributed by atoms with Crippen LogP contribution in [-0.2, 0) is 10.1 Å².